The maximum atomic E-state index is 9.22. The van der Waals surface area contributed by atoms with Crippen LogP contribution < -0.4 is 0 Å². The molecule has 0 N–H and O–H groups in total. The van der Waals surface area contributed by atoms with E-state index in [2.05, 4.69) is 6.07 Å². The lowest BCUT2D eigenvalue weighted by atomic mass is 10.1. The van der Waals surface area contributed by atoms with Crippen molar-refractivity contribution in [2.45, 2.75) is 33.0 Å². The molecule has 0 aromatic carbocycles. The lowest BCUT2D eigenvalue weighted by Gasteiger charge is -2.19. The third kappa shape index (κ3) is 2.48. The maximum Gasteiger partial charge on any atom is 0.102 e. The molecular weight excluding hydrogens is 212 g/mol. The van der Waals surface area contributed by atoms with Gasteiger partial charge in [-0.1, -0.05) is 6.07 Å². The monoisotopic (exact) mass is 228 g/mol. The first-order chi connectivity index (χ1) is 8.01. The minimum Gasteiger partial charge on any atom is -0.371 e. The van der Waals surface area contributed by atoms with E-state index in [1.807, 2.05) is 55.8 Å². The second-order valence-electron chi connectivity index (χ2n) is 5.04. The molecular formula is C14H16N2O. The van der Waals surface area contributed by atoms with E-state index in [0.29, 0.717) is 12.2 Å². The standard InChI is InChI=1S/C14H16N2O/c1-14(2,3)17-10-11-9-16-7-5-4-6-13(16)12(11)8-15/h4-7,9H,10H2,1-3H3. The van der Waals surface area contributed by atoms with Gasteiger partial charge in [0.1, 0.15) is 6.07 Å². The summed E-state index contributed by atoms with van der Waals surface area (Å²) in [6, 6.07) is 8.08. The Hall–Kier alpha value is -1.79. The number of pyridine rings is 1. The van der Waals surface area contributed by atoms with Crippen LogP contribution in [-0.2, 0) is 11.3 Å². The summed E-state index contributed by atoms with van der Waals surface area (Å²) in [4.78, 5) is 0. The molecule has 2 aromatic heterocycles. The molecule has 0 saturated carbocycles. The van der Waals surface area contributed by atoms with Crippen LogP contribution in [0.15, 0.2) is 30.6 Å². The summed E-state index contributed by atoms with van der Waals surface area (Å²) < 4.78 is 7.68. The van der Waals surface area contributed by atoms with Gasteiger partial charge in [0.2, 0.25) is 0 Å². The molecule has 0 fully saturated rings. The van der Waals surface area contributed by atoms with Crippen molar-refractivity contribution in [1.29, 1.82) is 5.26 Å². The van der Waals surface area contributed by atoms with Crippen molar-refractivity contribution >= 4 is 5.52 Å². The topological polar surface area (TPSA) is 37.4 Å². The number of aromatic nitrogens is 1. The molecule has 17 heavy (non-hydrogen) atoms. The van der Waals surface area contributed by atoms with E-state index in [0.717, 1.165) is 11.1 Å². The van der Waals surface area contributed by atoms with E-state index in [1.54, 1.807) is 0 Å². The molecule has 0 aliphatic carbocycles. The van der Waals surface area contributed by atoms with Gasteiger partial charge in [-0.2, -0.15) is 5.26 Å². The van der Waals surface area contributed by atoms with Crippen LogP contribution >= 0.6 is 0 Å². The fraction of sp³-hybridized carbons (Fsp3) is 0.357. The highest BCUT2D eigenvalue weighted by molar-refractivity contribution is 5.64. The second kappa shape index (κ2) is 4.23. The average Bonchev–Trinajstić information content (AvgIpc) is 2.63. The number of ether oxygens (including phenoxy) is 1. The minimum atomic E-state index is -0.194. The number of nitriles is 1. The molecule has 0 amide bonds. The molecule has 88 valence electrons. The quantitative estimate of drug-likeness (QED) is 0.792. The van der Waals surface area contributed by atoms with Crippen molar-refractivity contribution in [2.24, 2.45) is 0 Å². The van der Waals surface area contributed by atoms with Gasteiger partial charge in [0.15, 0.2) is 0 Å². The summed E-state index contributed by atoms with van der Waals surface area (Å²) in [5, 5.41) is 9.22. The van der Waals surface area contributed by atoms with E-state index in [4.69, 9.17) is 4.74 Å². The van der Waals surface area contributed by atoms with Crippen molar-refractivity contribution in [3.63, 3.8) is 0 Å². The number of hydrogen-bond donors (Lipinski definition) is 0. The van der Waals surface area contributed by atoms with Gasteiger partial charge in [-0.3, -0.25) is 0 Å². The smallest absolute Gasteiger partial charge is 0.102 e. The highest BCUT2D eigenvalue weighted by Crippen LogP contribution is 2.20. The first kappa shape index (κ1) is 11.7. The molecule has 3 nitrogen and oxygen atoms in total. The lowest BCUT2D eigenvalue weighted by molar-refractivity contribution is -0.0150. The Morgan fingerprint density at radius 2 is 2.12 bits per heavy atom. The molecule has 0 spiro atoms. The summed E-state index contributed by atoms with van der Waals surface area (Å²) in [7, 11) is 0. The van der Waals surface area contributed by atoms with Crippen LogP contribution in [0, 0.1) is 11.3 Å². The van der Waals surface area contributed by atoms with Crippen LogP contribution in [0.25, 0.3) is 5.52 Å². The zero-order valence-electron chi connectivity index (χ0n) is 10.4. The van der Waals surface area contributed by atoms with Gasteiger partial charge in [-0.25, -0.2) is 0 Å². The molecule has 0 saturated heterocycles. The molecule has 0 bridgehead atoms. The van der Waals surface area contributed by atoms with Crippen LogP contribution in [-0.4, -0.2) is 10.0 Å². The highest BCUT2D eigenvalue weighted by Gasteiger charge is 2.14. The van der Waals surface area contributed by atoms with Crippen LogP contribution in [0.3, 0.4) is 0 Å². The number of rotatable bonds is 2. The highest BCUT2D eigenvalue weighted by atomic mass is 16.5. The molecule has 2 rings (SSSR count). The predicted molar refractivity (Wildman–Crippen MR) is 66.7 cm³/mol. The maximum absolute atomic E-state index is 9.22. The fourth-order valence-corrected chi connectivity index (χ4v) is 1.71. The van der Waals surface area contributed by atoms with Gasteiger partial charge < -0.3 is 9.14 Å². The molecule has 0 aliphatic heterocycles. The number of fused-ring (bicyclic) bond motifs is 1. The zero-order chi connectivity index (χ0) is 12.5. The van der Waals surface area contributed by atoms with Gasteiger partial charge in [0.05, 0.1) is 23.3 Å². The number of nitrogens with zero attached hydrogens (tertiary/aromatic N) is 2. The fourth-order valence-electron chi connectivity index (χ4n) is 1.71. The Morgan fingerprint density at radius 1 is 1.35 bits per heavy atom. The van der Waals surface area contributed by atoms with Crippen molar-refractivity contribution in [3.05, 3.63) is 41.7 Å². The molecule has 0 aliphatic rings. The van der Waals surface area contributed by atoms with Crippen molar-refractivity contribution in [1.82, 2.24) is 4.40 Å². The van der Waals surface area contributed by atoms with Crippen molar-refractivity contribution in [3.8, 4) is 6.07 Å². The molecule has 0 radical (unpaired) electrons. The van der Waals surface area contributed by atoms with Crippen LogP contribution in [0.4, 0.5) is 0 Å². The molecule has 0 unspecified atom stereocenters. The first-order valence-electron chi connectivity index (χ1n) is 5.64. The SMILES string of the molecule is CC(C)(C)OCc1cn2ccccc2c1C#N. The third-order valence-electron chi connectivity index (χ3n) is 2.53. The van der Waals surface area contributed by atoms with Gasteiger partial charge in [0, 0.05) is 18.0 Å². The summed E-state index contributed by atoms with van der Waals surface area (Å²) in [6.07, 6.45) is 3.90. The van der Waals surface area contributed by atoms with Crippen LogP contribution in [0.2, 0.25) is 0 Å². The molecule has 2 aromatic rings. The Bertz CT molecular complexity index is 570. The van der Waals surface area contributed by atoms with Crippen molar-refractivity contribution in [2.75, 3.05) is 0 Å². The molecule has 3 heteroatoms. The Balaban J connectivity index is 2.38. The normalized spacial score (nSPS) is 11.6. The summed E-state index contributed by atoms with van der Waals surface area (Å²) in [5.74, 6) is 0. The Morgan fingerprint density at radius 3 is 2.76 bits per heavy atom. The van der Waals surface area contributed by atoms with Crippen molar-refractivity contribution < 1.29 is 4.74 Å². The Kier molecular flexibility index (Phi) is 2.91. The van der Waals surface area contributed by atoms with Crippen LogP contribution in [0.5, 0.6) is 0 Å². The Labute approximate surface area is 101 Å². The van der Waals surface area contributed by atoms with Crippen LogP contribution in [0.1, 0.15) is 31.9 Å². The van der Waals surface area contributed by atoms with Gasteiger partial charge in [0.25, 0.3) is 0 Å². The molecule has 2 heterocycles. The minimum absolute atomic E-state index is 0.194. The first-order valence-corrected chi connectivity index (χ1v) is 5.64. The largest absolute Gasteiger partial charge is 0.371 e. The van der Waals surface area contributed by atoms with E-state index >= 15 is 0 Å². The van der Waals surface area contributed by atoms with Gasteiger partial charge >= 0.3 is 0 Å². The van der Waals surface area contributed by atoms with Gasteiger partial charge in [-0.05, 0) is 32.9 Å². The zero-order valence-corrected chi connectivity index (χ0v) is 10.4. The number of hydrogen-bond acceptors (Lipinski definition) is 2. The second-order valence-corrected chi connectivity index (χ2v) is 5.04. The summed E-state index contributed by atoms with van der Waals surface area (Å²) >= 11 is 0. The average molecular weight is 228 g/mol. The third-order valence-corrected chi connectivity index (χ3v) is 2.53. The summed E-state index contributed by atoms with van der Waals surface area (Å²) in [6.45, 7) is 6.49. The van der Waals surface area contributed by atoms with Gasteiger partial charge in [-0.15, -0.1) is 0 Å². The summed E-state index contributed by atoms with van der Waals surface area (Å²) in [5.41, 5.74) is 2.38. The van der Waals surface area contributed by atoms with E-state index in [9.17, 15) is 5.26 Å². The molecule has 0 atom stereocenters. The predicted octanol–water partition coefficient (Wildman–Crippen LogP) is 3.13. The lowest BCUT2D eigenvalue weighted by Crippen LogP contribution is -2.18. The van der Waals surface area contributed by atoms with E-state index in [1.165, 1.54) is 0 Å². The van der Waals surface area contributed by atoms with E-state index < -0.39 is 0 Å². The van der Waals surface area contributed by atoms with E-state index in [-0.39, 0.29) is 5.60 Å².